The molecule has 116 valence electrons. The number of fused-ring (bicyclic) bond motifs is 1. The molecule has 0 saturated heterocycles. The van der Waals surface area contributed by atoms with Gasteiger partial charge < -0.3 is 4.74 Å². The van der Waals surface area contributed by atoms with Gasteiger partial charge in [0.25, 0.3) is 0 Å². The average Bonchev–Trinajstić information content (AvgIpc) is 2.45. The van der Waals surface area contributed by atoms with Crippen LogP contribution in [0, 0.1) is 0 Å². The molecule has 0 fully saturated rings. The van der Waals surface area contributed by atoms with Crippen molar-refractivity contribution in [2.24, 2.45) is 0 Å². The number of carbonyl (C=O) groups is 1. The van der Waals surface area contributed by atoms with E-state index >= 15 is 0 Å². The van der Waals surface area contributed by atoms with Crippen molar-refractivity contribution in [3.8, 4) is 0 Å². The van der Waals surface area contributed by atoms with Crippen molar-refractivity contribution in [2.75, 3.05) is 7.11 Å². The van der Waals surface area contributed by atoms with E-state index in [0.717, 1.165) is 24.8 Å². The normalized spacial score (nSPS) is 18.2. The fraction of sp³-hybridized carbons (Fsp3) is 0.611. The van der Waals surface area contributed by atoms with E-state index in [4.69, 9.17) is 4.74 Å². The Hall–Kier alpha value is -1.35. The highest BCUT2D eigenvalue weighted by atomic mass is 16.5. The Morgan fingerprint density at radius 2 is 1.90 bits per heavy atom. The van der Waals surface area contributed by atoms with E-state index in [1.54, 1.807) is 0 Å². The first kappa shape index (κ1) is 16.0. The monoisotopic (exact) mass is 289 g/mol. The number of methoxy groups -OCH3 is 1. The van der Waals surface area contributed by atoms with E-state index < -0.39 is 0 Å². The second-order valence-corrected chi connectivity index (χ2v) is 6.47. The number of ether oxygens (including phenoxy) is 1. The van der Waals surface area contributed by atoms with Crippen LogP contribution >= 0.6 is 0 Å². The summed E-state index contributed by atoms with van der Waals surface area (Å²) < 4.78 is 4.94. The molecular formula is C18H27NO2. The number of benzene rings is 1. The molecule has 0 saturated carbocycles. The van der Waals surface area contributed by atoms with Crippen molar-refractivity contribution in [2.45, 2.75) is 65.1 Å². The number of aryl methyl sites for hydroxylation is 1. The molecule has 1 atom stereocenters. The quantitative estimate of drug-likeness (QED) is 0.795. The van der Waals surface area contributed by atoms with Crippen LogP contribution in [-0.4, -0.2) is 36.1 Å². The lowest BCUT2D eigenvalue weighted by Crippen LogP contribution is -2.47. The molecule has 1 aromatic carbocycles. The SMILES string of the molecule is COC(=O)c1cccc2c1C[C@@H](N(C(C)C)C(C)C)CC2. The maximum Gasteiger partial charge on any atom is 0.338 e. The maximum absolute atomic E-state index is 12.0. The minimum atomic E-state index is -0.215. The minimum absolute atomic E-state index is 0.215. The molecule has 1 aromatic rings. The third-order valence-electron chi connectivity index (χ3n) is 4.48. The predicted molar refractivity (Wildman–Crippen MR) is 85.7 cm³/mol. The summed E-state index contributed by atoms with van der Waals surface area (Å²) in [6, 6.07) is 7.54. The van der Waals surface area contributed by atoms with Crippen LogP contribution in [0.25, 0.3) is 0 Å². The first-order valence-electron chi connectivity index (χ1n) is 7.92. The third-order valence-corrected chi connectivity index (χ3v) is 4.48. The lowest BCUT2D eigenvalue weighted by atomic mass is 9.84. The topological polar surface area (TPSA) is 29.5 Å². The third kappa shape index (κ3) is 3.29. The standard InChI is InChI=1S/C18H27NO2/c1-12(2)19(13(3)4)15-10-9-14-7-6-8-16(17(14)11-15)18(20)21-5/h6-8,12-13,15H,9-11H2,1-5H3/t15-/m0/s1. The zero-order valence-corrected chi connectivity index (χ0v) is 13.8. The molecule has 3 nitrogen and oxygen atoms in total. The zero-order chi connectivity index (χ0) is 15.6. The van der Waals surface area contributed by atoms with Crippen LogP contribution in [-0.2, 0) is 17.6 Å². The highest BCUT2D eigenvalue weighted by molar-refractivity contribution is 5.91. The highest BCUT2D eigenvalue weighted by Crippen LogP contribution is 2.29. The summed E-state index contributed by atoms with van der Waals surface area (Å²) in [6.45, 7) is 9.01. The molecule has 0 N–H and O–H groups in total. The largest absolute Gasteiger partial charge is 0.465 e. The molecule has 2 rings (SSSR count). The molecule has 0 heterocycles. The van der Waals surface area contributed by atoms with Gasteiger partial charge in [-0.2, -0.15) is 0 Å². The number of nitrogens with zero attached hydrogens (tertiary/aromatic N) is 1. The molecule has 0 bridgehead atoms. The van der Waals surface area contributed by atoms with Crippen molar-refractivity contribution in [1.29, 1.82) is 0 Å². The van der Waals surface area contributed by atoms with E-state index in [1.165, 1.54) is 18.2 Å². The molecule has 0 amide bonds. The number of hydrogen-bond donors (Lipinski definition) is 0. The molecule has 21 heavy (non-hydrogen) atoms. The zero-order valence-electron chi connectivity index (χ0n) is 13.8. The van der Waals surface area contributed by atoms with Crippen molar-refractivity contribution >= 4 is 5.97 Å². The summed E-state index contributed by atoms with van der Waals surface area (Å²) in [5.74, 6) is -0.215. The molecule has 3 heteroatoms. The summed E-state index contributed by atoms with van der Waals surface area (Å²) in [6.07, 6.45) is 3.14. The number of hydrogen-bond acceptors (Lipinski definition) is 3. The molecule has 0 radical (unpaired) electrons. The Bertz CT molecular complexity index is 500. The number of rotatable bonds is 4. The van der Waals surface area contributed by atoms with Crippen LogP contribution in [0.2, 0.25) is 0 Å². The first-order valence-corrected chi connectivity index (χ1v) is 7.92. The van der Waals surface area contributed by atoms with Crippen molar-refractivity contribution in [3.63, 3.8) is 0 Å². The van der Waals surface area contributed by atoms with Crippen molar-refractivity contribution < 1.29 is 9.53 Å². The van der Waals surface area contributed by atoms with E-state index in [0.29, 0.717) is 18.1 Å². The van der Waals surface area contributed by atoms with Gasteiger partial charge in [-0.1, -0.05) is 12.1 Å². The van der Waals surface area contributed by atoms with Crippen LogP contribution in [0.4, 0.5) is 0 Å². The van der Waals surface area contributed by atoms with E-state index in [9.17, 15) is 4.79 Å². The van der Waals surface area contributed by atoms with Crippen LogP contribution in [0.5, 0.6) is 0 Å². The van der Waals surface area contributed by atoms with E-state index in [1.807, 2.05) is 12.1 Å². The Kier molecular flexibility index (Phi) is 5.04. The Labute approximate surface area is 128 Å². The molecule has 1 aliphatic rings. The molecule has 0 unspecified atom stereocenters. The lowest BCUT2D eigenvalue weighted by Gasteiger charge is -2.41. The van der Waals surface area contributed by atoms with Gasteiger partial charge in [0.1, 0.15) is 0 Å². The smallest absolute Gasteiger partial charge is 0.338 e. The molecule has 1 aliphatic carbocycles. The fourth-order valence-electron chi connectivity index (χ4n) is 3.76. The minimum Gasteiger partial charge on any atom is -0.465 e. The van der Waals surface area contributed by atoms with Gasteiger partial charge in [0.15, 0.2) is 0 Å². The summed E-state index contributed by atoms with van der Waals surface area (Å²) in [5.41, 5.74) is 3.24. The van der Waals surface area contributed by atoms with Crippen molar-refractivity contribution in [1.82, 2.24) is 4.90 Å². The van der Waals surface area contributed by atoms with Crippen LogP contribution in [0.1, 0.15) is 55.6 Å². The summed E-state index contributed by atoms with van der Waals surface area (Å²) in [5, 5.41) is 0. The second kappa shape index (κ2) is 6.61. The van der Waals surface area contributed by atoms with Gasteiger partial charge >= 0.3 is 5.97 Å². The summed E-state index contributed by atoms with van der Waals surface area (Å²) >= 11 is 0. The van der Waals surface area contributed by atoms with Gasteiger partial charge in [-0.3, -0.25) is 4.90 Å². The fourth-order valence-corrected chi connectivity index (χ4v) is 3.76. The summed E-state index contributed by atoms with van der Waals surface area (Å²) in [4.78, 5) is 14.6. The molecule has 0 spiro atoms. The first-order chi connectivity index (χ1) is 9.95. The van der Waals surface area contributed by atoms with E-state index in [-0.39, 0.29) is 5.97 Å². The van der Waals surface area contributed by atoms with Crippen LogP contribution in [0.15, 0.2) is 18.2 Å². The molecular weight excluding hydrogens is 262 g/mol. The second-order valence-electron chi connectivity index (χ2n) is 6.47. The van der Waals surface area contributed by atoms with Gasteiger partial charge in [0, 0.05) is 18.1 Å². The summed E-state index contributed by atoms with van der Waals surface area (Å²) in [7, 11) is 1.45. The Morgan fingerprint density at radius 3 is 2.48 bits per heavy atom. The lowest BCUT2D eigenvalue weighted by molar-refractivity contribution is 0.0596. The number of esters is 1. The van der Waals surface area contributed by atoms with Crippen LogP contribution in [0.3, 0.4) is 0 Å². The molecule has 0 aliphatic heterocycles. The van der Waals surface area contributed by atoms with E-state index in [2.05, 4.69) is 38.7 Å². The van der Waals surface area contributed by atoms with Crippen molar-refractivity contribution in [3.05, 3.63) is 34.9 Å². The van der Waals surface area contributed by atoms with Gasteiger partial charge in [-0.05, 0) is 64.2 Å². The molecule has 0 aromatic heterocycles. The maximum atomic E-state index is 12.0. The number of carbonyl (C=O) groups excluding carboxylic acids is 1. The van der Waals surface area contributed by atoms with Gasteiger partial charge in [-0.15, -0.1) is 0 Å². The Balaban J connectivity index is 2.32. The van der Waals surface area contributed by atoms with Crippen LogP contribution < -0.4 is 0 Å². The highest BCUT2D eigenvalue weighted by Gasteiger charge is 2.30. The van der Waals surface area contributed by atoms with Gasteiger partial charge in [0.2, 0.25) is 0 Å². The van der Waals surface area contributed by atoms with Gasteiger partial charge in [0.05, 0.1) is 12.7 Å². The Morgan fingerprint density at radius 1 is 1.24 bits per heavy atom. The average molecular weight is 289 g/mol. The predicted octanol–water partition coefficient (Wildman–Crippen LogP) is 3.45. The van der Waals surface area contributed by atoms with Gasteiger partial charge in [-0.25, -0.2) is 4.79 Å².